The zero-order chi connectivity index (χ0) is 16.6. The Morgan fingerprint density at radius 2 is 1.91 bits per heavy atom. The Balaban J connectivity index is 1.87. The topological polar surface area (TPSA) is 36.4 Å². The molecule has 23 heavy (non-hydrogen) atoms. The van der Waals surface area contributed by atoms with Crippen LogP contribution in [0.4, 0.5) is 24.5 Å². The SMILES string of the molecule is FC(F)(F)c1cccc(NC2=Nc3ccc(Cl)c(Cl)c3CN2)c1. The Bertz CT molecular complexity index is 788. The molecule has 120 valence electrons. The fourth-order valence-electron chi connectivity index (χ4n) is 2.17. The summed E-state index contributed by atoms with van der Waals surface area (Å²) in [6, 6.07) is 8.23. The maximum atomic E-state index is 12.7. The Hall–Kier alpha value is -1.92. The second kappa shape index (κ2) is 5.94. The van der Waals surface area contributed by atoms with Crippen molar-refractivity contribution < 1.29 is 13.2 Å². The molecule has 2 N–H and O–H groups in total. The van der Waals surface area contributed by atoms with E-state index in [0.29, 0.717) is 28.2 Å². The van der Waals surface area contributed by atoms with Crippen LogP contribution in [0.1, 0.15) is 11.1 Å². The lowest BCUT2D eigenvalue weighted by atomic mass is 10.1. The van der Waals surface area contributed by atoms with Crippen molar-refractivity contribution in [2.75, 3.05) is 5.32 Å². The van der Waals surface area contributed by atoms with Crippen LogP contribution >= 0.6 is 23.2 Å². The molecule has 0 aromatic heterocycles. The maximum absolute atomic E-state index is 12.7. The van der Waals surface area contributed by atoms with Gasteiger partial charge in [-0.2, -0.15) is 13.2 Å². The number of nitrogens with zero attached hydrogens (tertiary/aromatic N) is 1. The van der Waals surface area contributed by atoms with Gasteiger partial charge < -0.3 is 10.6 Å². The van der Waals surface area contributed by atoms with Crippen molar-refractivity contribution in [1.82, 2.24) is 5.32 Å². The molecule has 3 nitrogen and oxygen atoms in total. The molecule has 0 fully saturated rings. The van der Waals surface area contributed by atoms with Crippen molar-refractivity contribution in [3.05, 3.63) is 57.6 Å². The van der Waals surface area contributed by atoms with E-state index in [2.05, 4.69) is 15.6 Å². The minimum Gasteiger partial charge on any atom is -0.352 e. The number of rotatable bonds is 1. The van der Waals surface area contributed by atoms with Crippen molar-refractivity contribution in [2.24, 2.45) is 4.99 Å². The van der Waals surface area contributed by atoms with Crippen LogP contribution in [0.5, 0.6) is 0 Å². The minimum absolute atomic E-state index is 0.287. The van der Waals surface area contributed by atoms with Crippen molar-refractivity contribution in [3.8, 4) is 0 Å². The van der Waals surface area contributed by atoms with Gasteiger partial charge in [0.25, 0.3) is 0 Å². The number of halogens is 5. The fourth-order valence-corrected chi connectivity index (χ4v) is 2.57. The molecule has 0 aliphatic carbocycles. The van der Waals surface area contributed by atoms with E-state index in [1.54, 1.807) is 12.1 Å². The molecule has 0 unspecified atom stereocenters. The zero-order valence-corrected chi connectivity index (χ0v) is 13.0. The van der Waals surface area contributed by atoms with E-state index < -0.39 is 11.7 Å². The monoisotopic (exact) mass is 359 g/mol. The molecule has 8 heteroatoms. The molecule has 0 saturated heterocycles. The van der Waals surface area contributed by atoms with Gasteiger partial charge in [-0.25, -0.2) is 4.99 Å². The van der Waals surface area contributed by atoms with E-state index in [9.17, 15) is 13.2 Å². The van der Waals surface area contributed by atoms with Crippen LogP contribution in [-0.4, -0.2) is 5.96 Å². The van der Waals surface area contributed by atoms with Crippen LogP contribution in [-0.2, 0) is 12.7 Å². The van der Waals surface area contributed by atoms with Gasteiger partial charge in [-0.15, -0.1) is 0 Å². The van der Waals surface area contributed by atoms with Crippen LogP contribution in [0.25, 0.3) is 0 Å². The second-order valence-corrected chi connectivity index (χ2v) is 5.66. The number of anilines is 1. The van der Waals surface area contributed by atoms with Gasteiger partial charge in [0.15, 0.2) is 0 Å². The Labute approximate surface area is 140 Å². The first-order valence-electron chi connectivity index (χ1n) is 6.58. The molecule has 1 aliphatic rings. The van der Waals surface area contributed by atoms with Gasteiger partial charge in [-0.3, -0.25) is 0 Å². The van der Waals surface area contributed by atoms with E-state index in [4.69, 9.17) is 23.2 Å². The van der Waals surface area contributed by atoms with Gasteiger partial charge in [-0.05, 0) is 30.3 Å². The van der Waals surface area contributed by atoms with Crippen LogP contribution < -0.4 is 10.6 Å². The van der Waals surface area contributed by atoms with Crippen molar-refractivity contribution >= 4 is 40.5 Å². The normalized spacial score (nSPS) is 13.9. The number of nitrogens with one attached hydrogen (secondary N) is 2. The van der Waals surface area contributed by atoms with Gasteiger partial charge in [0, 0.05) is 17.8 Å². The number of alkyl halides is 3. The number of aliphatic imine (C=N–C) groups is 1. The molecular weight excluding hydrogens is 350 g/mol. The largest absolute Gasteiger partial charge is 0.416 e. The highest BCUT2D eigenvalue weighted by molar-refractivity contribution is 6.42. The Morgan fingerprint density at radius 3 is 2.65 bits per heavy atom. The van der Waals surface area contributed by atoms with Crippen LogP contribution in [0.15, 0.2) is 41.4 Å². The molecule has 0 atom stereocenters. The van der Waals surface area contributed by atoms with E-state index in [-0.39, 0.29) is 5.69 Å². The molecule has 0 saturated carbocycles. The number of hydrogen-bond acceptors (Lipinski definition) is 3. The third-order valence-corrected chi connectivity index (χ3v) is 4.13. The lowest BCUT2D eigenvalue weighted by molar-refractivity contribution is -0.137. The van der Waals surface area contributed by atoms with E-state index in [0.717, 1.165) is 17.7 Å². The van der Waals surface area contributed by atoms with Gasteiger partial charge in [-0.1, -0.05) is 29.3 Å². The van der Waals surface area contributed by atoms with Gasteiger partial charge in [0.2, 0.25) is 5.96 Å². The maximum Gasteiger partial charge on any atom is 0.416 e. The first kappa shape index (κ1) is 16.0. The summed E-state index contributed by atoms with van der Waals surface area (Å²) in [6.45, 7) is 0.375. The van der Waals surface area contributed by atoms with Crippen molar-refractivity contribution in [2.45, 2.75) is 12.7 Å². The highest BCUT2D eigenvalue weighted by Crippen LogP contribution is 2.35. The number of hydrogen-bond donors (Lipinski definition) is 2. The molecule has 1 heterocycles. The minimum atomic E-state index is -4.39. The first-order chi connectivity index (χ1) is 10.8. The average molecular weight is 360 g/mol. The molecule has 0 amide bonds. The van der Waals surface area contributed by atoms with Crippen molar-refractivity contribution in [3.63, 3.8) is 0 Å². The Kier molecular flexibility index (Phi) is 4.12. The summed E-state index contributed by atoms with van der Waals surface area (Å²) in [4.78, 5) is 4.30. The lowest BCUT2D eigenvalue weighted by Crippen LogP contribution is -2.32. The summed E-state index contributed by atoms with van der Waals surface area (Å²) in [5.74, 6) is 0.343. The summed E-state index contributed by atoms with van der Waals surface area (Å²) in [6.07, 6.45) is -4.39. The summed E-state index contributed by atoms with van der Waals surface area (Å²) >= 11 is 12.0. The summed E-state index contributed by atoms with van der Waals surface area (Å²) < 4.78 is 38.2. The highest BCUT2D eigenvalue weighted by atomic mass is 35.5. The predicted octanol–water partition coefficient (Wildman–Crippen LogP) is 5.22. The standard InChI is InChI=1S/C15H10Cl2F3N3/c16-11-4-5-12-10(13(11)17)7-21-14(23-12)22-9-3-1-2-8(6-9)15(18,19)20/h1-6H,7H2,(H2,21,22,23). The summed E-state index contributed by atoms with van der Waals surface area (Å²) in [5, 5.41) is 6.64. The molecular formula is C15H10Cl2F3N3. The molecule has 1 aliphatic heterocycles. The highest BCUT2D eigenvalue weighted by Gasteiger charge is 2.30. The van der Waals surface area contributed by atoms with Crippen LogP contribution in [0.3, 0.4) is 0 Å². The van der Waals surface area contributed by atoms with E-state index >= 15 is 0 Å². The number of fused-ring (bicyclic) bond motifs is 1. The van der Waals surface area contributed by atoms with E-state index in [1.165, 1.54) is 12.1 Å². The second-order valence-electron chi connectivity index (χ2n) is 4.88. The molecule has 0 radical (unpaired) electrons. The quantitative estimate of drug-likeness (QED) is 0.732. The first-order valence-corrected chi connectivity index (χ1v) is 7.34. The summed E-state index contributed by atoms with van der Waals surface area (Å²) in [7, 11) is 0. The van der Waals surface area contributed by atoms with Gasteiger partial charge in [0.1, 0.15) is 0 Å². The lowest BCUT2D eigenvalue weighted by Gasteiger charge is -2.20. The van der Waals surface area contributed by atoms with Crippen LogP contribution in [0, 0.1) is 0 Å². The molecule has 2 aromatic rings. The molecule has 2 aromatic carbocycles. The third-order valence-electron chi connectivity index (χ3n) is 3.29. The predicted molar refractivity (Wildman–Crippen MR) is 85.5 cm³/mol. The smallest absolute Gasteiger partial charge is 0.352 e. The summed E-state index contributed by atoms with van der Waals surface area (Å²) in [5.41, 5.74) is 0.921. The van der Waals surface area contributed by atoms with Gasteiger partial charge >= 0.3 is 6.18 Å². The van der Waals surface area contributed by atoms with Crippen LogP contribution in [0.2, 0.25) is 10.0 Å². The van der Waals surface area contributed by atoms with E-state index in [1.807, 2.05) is 0 Å². The van der Waals surface area contributed by atoms with Gasteiger partial charge in [0.05, 0.1) is 21.3 Å². The number of guanidine groups is 1. The zero-order valence-electron chi connectivity index (χ0n) is 11.5. The Morgan fingerprint density at radius 1 is 1.13 bits per heavy atom. The average Bonchev–Trinajstić information content (AvgIpc) is 2.51. The molecule has 0 bridgehead atoms. The molecule has 0 spiro atoms. The van der Waals surface area contributed by atoms with Crippen molar-refractivity contribution in [1.29, 1.82) is 0 Å². The molecule has 3 rings (SSSR count). The fraction of sp³-hybridized carbons (Fsp3) is 0.133. The number of benzene rings is 2. The third kappa shape index (κ3) is 3.38.